The minimum absolute atomic E-state index is 0.0705. The zero-order chi connectivity index (χ0) is 24.5. The van der Waals surface area contributed by atoms with Crippen LogP contribution in [0.25, 0.3) is 22.0 Å². The van der Waals surface area contributed by atoms with Gasteiger partial charge < -0.3 is 4.90 Å². The van der Waals surface area contributed by atoms with Gasteiger partial charge in [-0.3, -0.25) is 14.7 Å². The second-order valence-electron chi connectivity index (χ2n) is 8.75. The molecule has 1 fully saturated rings. The summed E-state index contributed by atoms with van der Waals surface area (Å²) >= 11 is 0. The number of nitrogens with zero attached hydrogens (tertiary/aromatic N) is 3. The molecule has 5 rings (SSSR count). The predicted molar refractivity (Wildman–Crippen MR) is 129 cm³/mol. The van der Waals surface area contributed by atoms with Gasteiger partial charge in [-0.2, -0.15) is 0 Å². The molecule has 178 valence electrons. The molecule has 0 bridgehead atoms. The van der Waals surface area contributed by atoms with Crippen LogP contribution in [-0.4, -0.2) is 46.9 Å². The number of hydrogen-bond donors (Lipinski definition) is 0. The summed E-state index contributed by atoms with van der Waals surface area (Å²) < 4.78 is 41.1. The molecule has 0 aliphatic carbocycles. The number of rotatable bonds is 4. The number of amides is 1. The van der Waals surface area contributed by atoms with E-state index in [1.54, 1.807) is 18.0 Å². The van der Waals surface area contributed by atoms with Crippen molar-refractivity contribution in [3.8, 4) is 11.1 Å². The number of para-hydroxylation sites is 1. The van der Waals surface area contributed by atoms with E-state index in [9.17, 15) is 18.0 Å². The summed E-state index contributed by atoms with van der Waals surface area (Å²) in [5.74, 6) is -3.10. The van der Waals surface area contributed by atoms with E-state index in [0.29, 0.717) is 37.8 Å². The number of aromatic nitrogens is 1. The lowest BCUT2D eigenvalue weighted by Gasteiger charge is -2.38. The molecule has 1 saturated heterocycles. The van der Waals surface area contributed by atoms with Crippen molar-refractivity contribution < 1.29 is 18.0 Å². The Kier molecular flexibility index (Phi) is 6.26. The molecule has 1 amide bonds. The summed E-state index contributed by atoms with van der Waals surface area (Å²) in [6.07, 6.45) is 1.77. The molecule has 0 radical (unpaired) electrons. The van der Waals surface area contributed by atoms with Crippen LogP contribution in [0, 0.1) is 17.5 Å². The first-order valence-corrected chi connectivity index (χ1v) is 11.5. The number of carbonyl (C=O) groups is 1. The highest BCUT2D eigenvalue weighted by Gasteiger charge is 2.27. The summed E-state index contributed by atoms with van der Waals surface area (Å²) in [4.78, 5) is 21.3. The van der Waals surface area contributed by atoms with Gasteiger partial charge >= 0.3 is 0 Å². The number of halogens is 3. The summed E-state index contributed by atoms with van der Waals surface area (Å²) in [5.41, 5.74) is 3.61. The molecule has 1 aromatic heterocycles. The number of pyridine rings is 1. The van der Waals surface area contributed by atoms with Gasteiger partial charge in [0.05, 0.1) is 5.52 Å². The summed E-state index contributed by atoms with van der Waals surface area (Å²) in [5, 5.41) is 1.06. The lowest BCUT2D eigenvalue weighted by atomic mass is 10.0. The number of fused-ring (bicyclic) bond motifs is 1. The van der Waals surface area contributed by atoms with Crippen LogP contribution >= 0.6 is 0 Å². The van der Waals surface area contributed by atoms with Gasteiger partial charge in [0.1, 0.15) is 5.82 Å². The highest BCUT2D eigenvalue weighted by Crippen LogP contribution is 2.28. The summed E-state index contributed by atoms with van der Waals surface area (Å²) in [6, 6.07) is 18.5. The minimum Gasteiger partial charge on any atom is -0.336 e. The molecular formula is C28H24F3N3O. The van der Waals surface area contributed by atoms with Crippen LogP contribution in [0.4, 0.5) is 13.2 Å². The first-order valence-electron chi connectivity index (χ1n) is 11.5. The van der Waals surface area contributed by atoms with Gasteiger partial charge in [-0.1, -0.05) is 36.4 Å². The van der Waals surface area contributed by atoms with Gasteiger partial charge in [-0.25, -0.2) is 13.2 Å². The van der Waals surface area contributed by atoms with Crippen molar-refractivity contribution in [3.05, 3.63) is 102 Å². The van der Waals surface area contributed by atoms with Gasteiger partial charge in [-0.05, 0) is 36.8 Å². The third-order valence-corrected chi connectivity index (χ3v) is 6.71. The topological polar surface area (TPSA) is 36.4 Å². The molecule has 0 N–H and O–H groups in total. The van der Waals surface area contributed by atoms with E-state index in [4.69, 9.17) is 0 Å². The van der Waals surface area contributed by atoms with Crippen LogP contribution in [0.5, 0.6) is 0 Å². The molecule has 1 aliphatic rings. The molecule has 4 nitrogen and oxygen atoms in total. The van der Waals surface area contributed by atoms with E-state index >= 15 is 0 Å². The number of benzene rings is 3. The number of piperazine rings is 1. The van der Waals surface area contributed by atoms with Crippen molar-refractivity contribution in [1.82, 2.24) is 14.8 Å². The molecule has 3 aromatic carbocycles. The lowest BCUT2D eigenvalue weighted by molar-refractivity contribution is 0.0578. The standard InChI is InChI=1S/C28H24F3N3O/c1-18(23-16-25(30)26(31)17-24(23)29)33-12-14-34(15-13-33)28(35)21-9-7-19(8-10-21)22-6-2-4-20-5-3-11-32-27(20)22/h2-11,16-18H,12-15H2,1H3. The second kappa shape index (κ2) is 9.50. The van der Waals surface area contributed by atoms with Gasteiger partial charge in [0.2, 0.25) is 0 Å². The fourth-order valence-electron chi connectivity index (χ4n) is 4.68. The van der Waals surface area contributed by atoms with Crippen molar-refractivity contribution in [2.45, 2.75) is 13.0 Å². The van der Waals surface area contributed by atoms with Crippen molar-refractivity contribution in [1.29, 1.82) is 0 Å². The van der Waals surface area contributed by atoms with Crippen LogP contribution in [0.1, 0.15) is 28.9 Å². The van der Waals surface area contributed by atoms with E-state index < -0.39 is 23.5 Å². The summed E-state index contributed by atoms with van der Waals surface area (Å²) in [6.45, 7) is 3.69. The molecule has 1 atom stereocenters. The minimum atomic E-state index is -1.20. The van der Waals surface area contributed by atoms with E-state index in [1.165, 1.54) is 0 Å². The van der Waals surface area contributed by atoms with Crippen molar-refractivity contribution in [2.24, 2.45) is 0 Å². The molecule has 7 heteroatoms. The van der Waals surface area contributed by atoms with Crippen molar-refractivity contribution in [2.75, 3.05) is 26.2 Å². The van der Waals surface area contributed by atoms with Crippen LogP contribution in [0.15, 0.2) is 72.9 Å². The average molecular weight is 476 g/mol. The third kappa shape index (κ3) is 4.51. The first-order chi connectivity index (χ1) is 16.9. The third-order valence-electron chi connectivity index (χ3n) is 6.71. The zero-order valence-electron chi connectivity index (χ0n) is 19.2. The SMILES string of the molecule is CC(c1cc(F)c(F)cc1F)N1CCN(C(=O)c2ccc(-c3cccc4cccnc34)cc2)CC1. The Morgan fingerprint density at radius 2 is 1.54 bits per heavy atom. The molecular weight excluding hydrogens is 451 g/mol. The number of hydrogen-bond acceptors (Lipinski definition) is 3. The van der Waals surface area contributed by atoms with Gasteiger partial charge in [0.15, 0.2) is 11.6 Å². The Morgan fingerprint density at radius 3 is 2.29 bits per heavy atom. The van der Waals surface area contributed by atoms with E-state index in [2.05, 4.69) is 4.98 Å². The first kappa shape index (κ1) is 23.1. The quantitative estimate of drug-likeness (QED) is 0.348. The second-order valence-corrected chi connectivity index (χ2v) is 8.75. The molecule has 35 heavy (non-hydrogen) atoms. The zero-order valence-corrected chi connectivity index (χ0v) is 19.2. The van der Waals surface area contributed by atoms with E-state index in [1.807, 2.05) is 59.5 Å². The maximum absolute atomic E-state index is 14.2. The predicted octanol–water partition coefficient (Wildman–Crippen LogP) is 5.84. The fourth-order valence-corrected chi connectivity index (χ4v) is 4.68. The maximum atomic E-state index is 14.2. The van der Waals surface area contributed by atoms with Crippen LogP contribution in [0.3, 0.4) is 0 Å². The average Bonchev–Trinajstić information content (AvgIpc) is 2.90. The molecule has 1 unspecified atom stereocenters. The highest BCUT2D eigenvalue weighted by atomic mass is 19.2. The largest absolute Gasteiger partial charge is 0.336 e. The van der Waals surface area contributed by atoms with Crippen molar-refractivity contribution >= 4 is 16.8 Å². The van der Waals surface area contributed by atoms with Gasteiger partial charge in [0.25, 0.3) is 5.91 Å². The van der Waals surface area contributed by atoms with Crippen LogP contribution in [-0.2, 0) is 0 Å². The molecule has 2 heterocycles. The molecule has 0 spiro atoms. The molecule has 4 aromatic rings. The highest BCUT2D eigenvalue weighted by molar-refractivity contribution is 5.97. The Hall–Kier alpha value is -3.71. The lowest BCUT2D eigenvalue weighted by Crippen LogP contribution is -2.49. The van der Waals surface area contributed by atoms with Gasteiger partial charge in [-0.15, -0.1) is 0 Å². The van der Waals surface area contributed by atoms with Crippen LogP contribution in [0.2, 0.25) is 0 Å². The Labute approximate surface area is 201 Å². The Bertz CT molecular complexity index is 1380. The normalized spacial score (nSPS) is 15.4. The molecule has 0 saturated carbocycles. The van der Waals surface area contributed by atoms with E-state index in [-0.39, 0.29) is 11.5 Å². The van der Waals surface area contributed by atoms with Crippen molar-refractivity contribution in [3.63, 3.8) is 0 Å². The van der Waals surface area contributed by atoms with Crippen LogP contribution < -0.4 is 0 Å². The Balaban J connectivity index is 1.26. The summed E-state index contributed by atoms with van der Waals surface area (Å²) in [7, 11) is 0. The maximum Gasteiger partial charge on any atom is 0.253 e. The fraction of sp³-hybridized carbons (Fsp3) is 0.214. The Morgan fingerprint density at radius 1 is 0.857 bits per heavy atom. The van der Waals surface area contributed by atoms with Gasteiger partial charge in [0, 0.05) is 66.6 Å². The monoisotopic (exact) mass is 475 g/mol. The van der Waals surface area contributed by atoms with E-state index in [0.717, 1.165) is 28.1 Å². The smallest absolute Gasteiger partial charge is 0.253 e. The number of carbonyl (C=O) groups excluding carboxylic acids is 1. The molecule has 1 aliphatic heterocycles.